The van der Waals surface area contributed by atoms with Gasteiger partial charge in [0, 0.05) is 31.4 Å². The van der Waals surface area contributed by atoms with Gasteiger partial charge in [0.25, 0.3) is 5.91 Å². The van der Waals surface area contributed by atoms with Crippen LogP contribution in [0.15, 0.2) is 23.1 Å². The van der Waals surface area contributed by atoms with Crippen molar-refractivity contribution in [2.75, 3.05) is 19.8 Å². The Morgan fingerprint density at radius 2 is 2.00 bits per heavy atom. The number of rotatable bonds is 3. The van der Waals surface area contributed by atoms with Crippen LogP contribution >= 0.6 is 0 Å². The van der Waals surface area contributed by atoms with Gasteiger partial charge in [-0.3, -0.25) is 4.79 Å². The van der Waals surface area contributed by atoms with E-state index in [1.54, 1.807) is 12.1 Å². The second-order valence-electron chi connectivity index (χ2n) is 5.33. The first kappa shape index (κ1) is 14.5. The lowest BCUT2D eigenvalue weighted by Gasteiger charge is -2.23. The number of amides is 1. The molecule has 1 aromatic rings. The summed E-state index contributed by atoms with van der Waals surface area (Å²) in [7, 11) is -3.60. The molecule has 1 aromatic carbocycles. The number of ether oxygens (including phenoxy) is 1. The fourth-order valence-electron chi connectivity index (χ4n) is 2.66. The van der Waals surface area contributed by atoms with E-state index in [0.717, 1.165) is 12.0 Å². The van der Waals surface area contributed by atoms with Crippen molar-refractivity contribution in [3.05, 3.63) is 29.3 Å². The predicted molar refractivity (Wildman–Crippen MR) is 76.6 cm³/mol. The lowest BCUT2D eigenvalue weighted by Crippen LogP contribution is -2.39. The summed E-state index contributed by atoms with van der Waals surface area (Å²) in [6.45, 7) is 1.73. The Morgan fingerprint density at radius 3 is 2.76 bits per heavy atom. The lowest BCUT2D eigenvalue weighted by atomic mass is 10.0. The third-order valence-corrected chi connectivity index (χ3v) is 5.38. The van der Waals surface area contributed by atoms with E-state index >= 15 is 0 Å². The highest BCUT2D eigenvalue weighted by molar-refractivity contribution is 7.89. The van der Waals surface area contributed by atoms with Gasteiger partial charge in [-0.2, -0.15) is 0 Å². The van der Waals surface area contributed by atoms with Crippen LogP contribution < -0.4 is 10.0 Å². The minimum absolute atomic E-state index is 0.103. The van der Waals surface area contributed by atoms with E-state index in [4.69, 9.17) is 4.74 Å². The Hall–Kier alpha value is -1.44. The van der Waals surface area contributed by atoms with Gasteiger partial charge in [0.15, 0.2) is 0 Å². The number of carbonyl (C=O) groups is 1. The summed E-state index contributed by atoms with van der Waals surface area (Å²) in [6, 6.07) is 4.66. The van der Waals surface area contributed by atoms with Gasteiger partial charge in [-0.15, -0.1) is 0 Å². The highest BCUT2D eigenvalue weighted by Gasteiger charge is 2.24. The Kier molecular flexibility index (Phi) is 3.97. The van der Waals surface area contributed by atoms with Crippen LogP contribution in [0.2, 0.25) is 0 Å². The van der Waals surface area contributed by atoms with Crippen molar-refractivity contribution in [3.63, 3.8) is 0 Å². The van der Waals surface area contributed by atoms with Crippen LogP contribution in [0.25, 0.3) is 0 Å². The average molecular weight is 310 g/mol. The maximum atomic E-state index is 12.4. The van der Waals surface area contributed by atoms with Crippen LogP contribution in [0.4, 0.5) is 0 Å². The molecule has 1 amide bonds. The van der Waals surface area contributed by atoms with Crippen molar-refractivity contribution in [2.24, 2.45) is 0 Å². The maximum Gasteiger partial charge on any atom is 0.251 e. The molecule has 0 aliphatic carbocycles. The fraction of sp³-hybridized carbons (Fsp3) is 0.500. The zero-order valence-corrected chi connectivity index (χ0v) is 12.4. The van der Waals surface area contributed by atoms with Gasteiger partial charge in [0.05, 0.1) is 4.90 Å². The molecule has 0 unspecified atom stereocenters. The van der Waals surface area contributed by atoms with Crippen LogP contribution in [0.1, 0.15) is 28.8 Å². The molecule has 3 rings (SSSR count). The molecule has 2 aliphatic rings. The van der Waals surface area contributed by atoms with Gasteiger partial charge in [0.2, 0.25) is 10.0 Å². The number of benzene rings is 1. The second kappa shape index (κ2) is 5.75. The quantitative estimate of drug-likeness (QED) is 0.848. The summed E-state index contributed by atoms with van der Waals surface area (Å²) in [5.41, 5.74) is 1.35. The molecule has 0 spiro atoms. The molecular formula is C14H18N2O4S. The third kappa shape index (κ3) is 3.09. The summed E-state index contributed by atoms with van der Waals surface area (Å²) in [5.74, 6) is -0.209. The molecule has 1 saturated heterocycles. The number of hydrogen-bond acceptors (Lipinski definition) is 4. The van der Waals surface area contributed by atoms with Crippen molar-refractivity contribution in [1.82, 2.24) is 10.0 Å². The Bertz CT molecular complexity index is 651. The lowest BCUT2D eigenvalue weighted by molar-refractivity contribution is 0.0832. The maximum absolute atomic E-state index is 12.4. The molecule has 0 saturated carbocycles. The Balaban J connectivity index is 1.85. The van der Waals surface area contributed by atoms with E-state index < -0.39 is 10.0 Å². The van der Waals surface area contributed by atoms with Crippen molar-refractivity contribution in [2.45, 2.75) is 30.2 Å². The van der Waals surface area contributed by atoms with Crippen molar-refractivity contribution >= 4 is 15.9 Å². The Labute approximate surface area is 123 Å². The standard InChI is InChI=1S/C14H18N2O4S/c17-14-13-9-12(2-1-10(13)3-6-15-14)21(18,19)16-11-4-7-20-8-5-11/h1-2,9,11,16H,3-8H2,(H,15,17). The van der Waals surface area contributed by atoms with Gasteiger partial charge in [-0.1, -0.05) is 6.07 Å². The van der Waals surface area contributed by atoms with Gasteiger partial charge in [0.1, 0.15) is 0 Å². The van der Waals surface area contributed by atoms with E-state index in [1.807, 2.05) is 0 Å². The predicted octanol–water partition coefficient (Wildman–Crippen LogP) is 0.430. The van der Waals surface area contributed by atoms with E-state index in [-0.39, 0.29) is 16.8 Å². The number of hydrogen-bond donors (Lipinski definition) is 2. The largest absolute Gasteiger partial charge is 0.381 e. The molecule has 1 fully saturated rings. The highest BCUT2D eigenvalue weighted by atomic mass is 32.2. The number of fused-ring (bicyclic) bond motifs is 1. The van der Waals surface area contributed by atoms with E-state index in [1.165, 1.54) is 6.07 Å². The SMILES string of the molecule is O=C1NCCc2ccc(S(=O)(=O)NC3CCOCC3)cc21. The van der Waals surface area contributed by atoms with E-state index in [9.17, 15) is 13.2 Å². The summed E-state index contributed by atoms with van der Waals surface area (Å²) < 4.78 is 32.7. The summed E-state index contributed by atoms with van der Waals surface area (Å²) in [4.78, 5) is 12.0. The molecule has 2 heterocycles. The molecule has 114 valence electrons. The molecule has 7 heteroatoms. The van der Waals surface area contributed by atoms with Crippen molar-refractivity contribution in [1.29, 1.82) is 0 Å². The summed E-state index contributed by atoms with van der Waals surface area (Å²) in [5, 5.41) is 2.73. The zero-order chi connectivity index (χ0) is 14.9. The molecule has 0 radical (unpaired) electrons. The normalized spacial score (nSPS) is 19.9. The molecule has 6 nitrogen and oxygen atoms in total. The first-order chi connectivity index (χ1) is 10.1. The highest BCUT2D eigenvalue weighted by Crippen LogP contribution is 2.20. The first-order valence-corrected chi connectivity index (χ1v) is 8.56. The van der Waals surface area contributed by atoms with Gasteiger partial charge in [-0.05, 0) is 37.0 Å². The average Bonchev–Trinajstić information content (AvgIpc) is 2.48. The second-order valence-corrected chi connectivity index (χ2v) is 7.05. The molecule has 0 atom stereocenters. The van der Waals surface area contributed by atoms with Crippen LogP contribution in [0.5, 0.6) is 0 Å². The summed E-state index contributed by atoms with van der Waals surface area (Å²) in [6.07, 6.45) is 2.07. The molecular weight excluding hydrogens is 292 g/mol. The molecule has 2 aliphatic heterocycles. The van der Waals surface area contributed by atoms with Gasteiger partial charge >= 0.3 is 0 Å². The van der Waals surface area contributed by atoms with Crippen LogP contribution in [0.3, 0.4) is 0 Å². The molecule has 0 bridgehead atoms. The van der Waals surface area contributed by atoms with Gasteiger partial charge in [-0.25, -0.2) is 13.1 Å². The topological polar surface area (TPSA) is 84.5 Å². The molecule has 0 aromatic heterocycles. The van der Waals surface area contributed by atoms with Crippen molar-refractivity contribution < 1.29 is 17.9 Å². The van der Waals surface area contributed by atoms with Crippen molar-refractivity contribution in [3.8, 4) is 0 Å². The van der Waals surface area contributed by atoms with Crippen LogP contribution in [0, 0.1) is 0 Å². The fourth-order valence-corrected chi connectivity index (χ4v) is 3.99. The minimum atomic E-state index is -3.60. The zero-order valence-electron chi connectivity index (χ0n) is 11.6. The number of sulfonamides is 1. The number of nitrogens with one attached hydrogen (secondary N) is 2. The first-order valence-electron chi connectivity index (χ1n) is 7.07. The minimum Gasteiger partial charge on any atom is -0.381 e. The number of carbonyl (C=O) groups excluding carboxylic acids is 1. The van der Waals surface area contributed by atoms with E-state index in [0.29, 0.717) is 38.2 Å². The summed E-state index contributed by atoms with van der Waals surface area (Å²) >= 11 is 0. The van der Waals surface area contributed by atoms with Gasteiger partial charge < -0.3 is 10.1 Å². The van der Waals surface area contributed by atoms with Crippen LogP contribution in [-0.4, -0.2) is 40.1 Å². The molecule has 2 N–H and O–H groups in total. The molecule has 21 heavy (non-hydrogen) atoms. The Morgan fingerprint density at radius 1 is 1.24 bits per heavy atom. The third-order valence-electron chi connectivity index (χ3n) is 3.86. The monoisotopic (exact) mass is 310 g/mol. The smallest absolute Gasteiger partial charge is 0.251 e. The van der Waals surface area contributed by atoms with Crippen LogP contribution in [-0.2, 0) is 21.2 Å². The van der Waals surface area contributed by atoms with E-state index in [2.05, 4.69) is 10.0 Å².